The van der Waals surface area contributed by atoms with Gasteiger partial charge in [0.2, 0.25) is 5.95 Å². The summed E-state index contributed by atoms with van der Waals surface area (Å²) in [6.45, 7) is 0. The molecule has 1 aliphatic carbocycles. The molecule has 10 heteroatoms. The fourth-order valence-electron chi connectivity index (χ4n) is 3.79. The molecule has 1 aliphatic rings. The lowest BCUT2D eigenvalue weighted by molar-refractivity contribution is -0.0555. The van der Waals surface area contributed by atoms with Gasteiger partial charge in [-0.25, -0.2) is 13.8 Å². The Labute approximate surface area is 171 Å². The number of anilines is 3. The van der Waals surface area contributed by atoms with Crippen molar-refractivity contribution in [2.75, 3.05) is 10.6 Å². The van der Waals surface area contributed by atoms with Gasteiger partial charge in [-0.1, -0.05) is 6.07 Å². The van der Waals surface area contributed by atoms with E-state index in [4.69, 9.17) is 11.5 Å². The van der Waals surface area contributed by atoms with Gasteiger partial charge in [0.25, 0.3) is 11.8 Å². The molecule has 2 heterocycles. The molecular weight excluding hydrogens is 392 g/mol. The van der Waals surface area contributed by atoms with Crippen LogP contribution >= 0.6 is 0 Å². The molecule has 0 aliphatic heterocycles. The third-order valence-corrected chi connectivity index (χ3v) is 5.50. The van der Waals surface area contributed by atoms with E-state index in [1.807, 2.05) is 42.1 Å². The fraction of sp³-hybridized carbons (Fsp3) is 0.350. The molecule has 0 bridgehead atoms. The highest BCUT2D eigenvalue weighted by molar-refractivity contribution is 6.00. The van der Waals surface area contributed by atoms with Gasteiger partial charge in [0.15, 0.2) is 0 Å². The summed E-state index contributed by atoms with van der Waals surface area (Å²) in [5.74, 6) is -3.37. The Morgan fingerprint density at radius 1 is 1.33 bits per heavy atom. The summed E-state index contributed by atoms with van der Waals surface area (Å²) in [7, 11) is 1.93. The van der Waals surface area contributed by atoms with Crippen molar-refractivity contribution in [2.24, 2.45) is 18.5 Å². The van der Waals surface area contributed by atoms with Gasteiger partial charge in [-0.2, -0.15) is 4.98 Å². The van der Waals surface area contributed by atoms with Crippen LogP contribution in [-0.4, -0.2) is 38.4 Å². The van der Waals surface area contributed by atoms with Gasteiger partial charge in [-0.05, 0) is 31.0 Å². The van der Waals surface area contributed by atoms with Crippen molar-refractivity contribution in [1.82, 2.24) is 14.5 Å². The van der Waals surface area contributed by atoms with Crippen LogP contribution in [0.15, 0.2) is 36.7 Å². The van der Waals surface area contributed by atoms with Crippen molar-refractivity contribution in [3.63, 3.8) is 0 Å². The van der Waals surface area contributed by atoms with Crippen LogP contribution in [0.2, 0.25) is 0 Å². The first-order chi connectivity index (χ1) is 14.3. The average Bonchev–Trinajstić information content (AvgIpc) is 3.08. The van der Waals surface area contributed by atoms with Gasteiger partial charge < -0.3 is 26.7 Å². The molecule has 1 saturated carbocycles. The average molecular weight is 415 g/mol. The van der Waals surface area contributed by atoms with Crippen molar-refractivity contribution in [1.29, 1.82) is 0 Å². The van der Waals surface area contributed by atoms with Crippen molar-refractivity contribution in [2.45, 2.75) is 37.3 Å². The van der Waals surface area contributed by atoms with E-state index in [0.717, 1.165) is 16.6 Å². The number of aromatic nitrogens is 3. The zero-order chi connectivity index (χ0) is 21.5. The maximum absolute atomic E-state index is 14.0. The summed E-state index contributed by atoms with van der Waals surface area (Å²) in [6.07, 6.45) is 3.78. The first kappa shape index (κ1) is 20.0. The van der Waals surface area contributed by atoms with Crippen LogP contribution in [0.25, 0.3) is 10.9 Å². The highest BCUT2D eigenvalue weighted by Gasteiger charge is 2.44. The van der Waals surface area contributed by atoms with Crippen LogP contribution in [0.1, 0.15) is 29.6 Å². The predicted octanol–water partition coefficient (Wildman–Crippen LogP) is 2.74. The molecule has 1 amide bonds. The zero-order valence-corrected chi connectivity index (χ0v) is 16.4. The molecule has 2 atom stereocenters. The number of fused-ring (bicyclic) bond motifs is 1. The van der Waals surface area contributed by atoms with E-state index in [0.29, 0.717) is 12.8 Å². The van der Waals surface area contributed by atoms with E-state index < -0.39 is 23.9 Å². The van der Waals surface area contributed by atoms with E-state index in [2.05, 4.69) is 20.6 Å². The molecular formula is C20H23F2N7O. The summed E-state index contributed by atoms with van der Waals surface area (Å²) < 4.78 is 29.9. The molecule has 8 nitrogen and oxygen atoms in total. The molecule has 3 aromatic rings. The maximum atomic E-state index is 14.0. The number of hydrogen-bond acceptors (Lipinski definition) is 6. The molecule has 0 radical (unpaired) electrons. The van der Waals surface area contributed by atoms with Crippen molar-refractivity contribution >= 4 is 34.3 Å². The smallest absolute Gasteiger partial charge is 0.264 e. The van der Waals surface area contributed by atoms with Gasteiger partial charge in [0.05, 0.1) is 12.1 Å². The zero-order valence-electron chi connectivity index (χ0n) is 16.4. The highest BCUT2D eigenvalue weighted by Crippen LogP contribution is 2.34. The fourth-order valence-corrected chi connectivity index (χ4v) is 3.79. The van der Waals surface area contributed by atoms with Gasteiger partial charge in [-0.3, -0.25) is 4.79 Å². The number of alkyl halides is 2. The molecule has 0 unspecified atom stereocenters. The van der Waals surface area contributed by atoms with Crippen molar-refractivity contribution in [3.8, 4) is 0 Å². The Morgan fingerprint density at radius 3 is 2.90 bits per heavy atom. The van der Waals surface area contributed by atoms with Gasteiger partial charge in [0, 0.05) is 42.5 Å². The largest absolute Gasteiger partial charge is 0.365 e. The molecule has 1 aromatic carbocycles. The Hall–Kier alpha value is -3.27. The number of carbonyl (C=O) groups is 1. The Morgan fingerprint density at radius 2 is 2.13 bits per heavy atom. The number of nitrogens with zero attached hydrogens (tertiary/aromatic N) is 3. The van der Waals surface area contributed by atoms with Crippen LogP contribution in [0, 0.1) is 0 Å². The summed E-state index contributed by atoms with van der Waals surface area (Å²) >= 11 is 0. The predicted molar refractivity (Wildman–Crippen MR) is 111 cm³/mol. The molecule has 6 N–H and O–H groups in total. The number of nitrogens with two attached hydrogens (primary N) is 2. The standard InChI is InChI=1S/C20H23F2N7O/c1-29-9-7-11-13(4-2-6-15(11)29)26-18-12(17(24)30)10-25-19(28-18)27-14-5-3-8-20(21,22)16(14)23/h2,4,6-7,9-10,14,16H,3,5,8,23H2,1H3,(H2,24,30)(H2,25,26,27,28)/t14-,16-/m1/s1. The SMILES string of the molecule is Cn1ccc2c(Nc3nc(N[C@@H]4CCCC(F)(F)[C@@H]4N)ncc3C(N)=O)cccc21. The van der Waals surface area contributed by atoms with Crippen LogP contribution in [0.3, 0.4) is 0 Å². The van der Waals surface area contributed by atoms with Crippen LogP contribution < -0.4 is 22.1 Å². The molecule has 30 heavy (non-hydrogen) atoms. The van der Waals surface area contributed by atoms with Gasteiger partial charge in [-0.15, -0.1) is 0 Å². The molecule has 1 fully saturated rings. The van der Waals surface area contributed by atoms with Crippen molar-refractivity contribution in [3.05, 3.63) is 42.2 Å². The second-order valence-corrected chi connectivity index (χ2v) is 7.54. The monoisotopic (exact) mass is 415 g/mol. The lowest BCUT2D eigenvalue weighted by Crippen LogP contribution is -2.55. The van der Waals surface area contributed by atoms with E-state index in [9.17, 15) is 13.6 Å². The van der Waals surface area contributed by atoms with E-state index in [1.54, 1.807) is 0 Å². The normalized spacial score (nSPS) is 20.8. The van der Waals surface area contributed by atoms with Crippen molar-refractivity contribution < 1.29 is 13.6 Å². The quantitative estimate of drug-likeness (QED) is 0.508. The Kier molecular flexibility index (Phi) is 5.02. The number of rotatable bonds is 5. The minimum absolute atomic E-state index is 0.0896. The summed E-state index contributed by atoms with van der Waals surface area (Å²) in [6, 6.07) is 5.59. The van der Waals surface area contributed by atoms with Gasteiger partial charge in [0.1, 0.15) is 11.4 Å². The number of nitrogens with one attached hydrogen (secondary N) is 2. The maximum Gasteiger partial charge on any atom is 0.264 e. The van der Waals surface area contributed by atoms with Crippen LogP contribution in [0.4, 0.5) is 26.2 Å². The molecule has 2 aromatic heterocycles. The topological polar surface area (TPSA) is 124 Å². The van der Waals surface area contributed by atoms with Gasteiger partial charge >= 0.3 is 0 Å². The second kappa shape index (κ2) is 7.52. The minimum atomic E-state index is -2.95. The summed E-state index contributed by atoms with van der Waals surface area (Å²) in [4.78, 5) is 20.3. The molecule has 4 rings (SSSR count). The van der Waals surface area contributed by atoms with Crippen LogP contribution in [0.5, 0.6) is 0 Å². The molecule has 158 valence electrons. The number of hydrogen-bond donors (Lipinski definition) is 4. The third kappa shape index (κ3) is 3.65. The lowest BCUT2D eigenvalue weighted by atomic mass is 9.87. The van der Waals surface area contributed by atoms with E-state index >= 15 is 0 Å². The number of benzene rings is 1. The first-order valence-electron chi connectivity index (χ1n) is 9.64. The number of aryl methyl sites for hydroxylation is 1. The summed E-state index contributed by atoms with van der Waals surface area (Å²) in [5.41, 5.74) is 13.0. The number of carbonyl (C=O) groups excluding carboxylic acids is 1. The van der Waals surface area contributed by atoms with E-state index in [-0.39, 0.29) is 23.8 Å². The molecule has 0 spiro atoms. The Bertz CT molecular complexity index is 1100. The second-order valence-electron chi connectivity index (χ2n) is 7.54. The lowest BCUT2D eigenvalue weighted by Gasteiger charge is -2.35. The van der Waals surface area contributed by atoms with E-state index in [1.165, 1.54) is 6.20 Å². The minimum Gasteiger partial charge on any atom is -0.365 e. The Balaban J connectivity index is 1.66. The number of amides is 1. The highest BCUT2D eigenvalue weighted by atomic mass is 19.3. The molecule has 0 saturated heterocycles. The third-order valence-electron chi connectivity index (χ3n) is 5.50. The first-order valence-corrected chi connectivity index (χ1v) is 9.64. The van der Waals surface area contributed by atoms with Crippen LogP contribution in [-0.2, 0) is 7.05 Å². The summed E-state index contributed by atoms with van der Waals surface area (Å²) in [5, 5.41) is 6.96. The number of primary amides is 1. The number of halogens is 2.